The highest BCUT2D eigenvalue weighted by molar-refractivity contribution is 5.91. The highest BCUT2D eigenvalue weighted by atomic mass is 19.4. The van der Waals surface area contributed by atoms with Gasteiger partial charge in [-0.25, -0.2) is 9.78 Å². The van der Waals surface area contributed by atoms with Crippen LogP contribution in [0.3, 0.4) is 0 Å². The molecule has 1 aromatic carbocycles. The van der Waals surface area contributed by atoms with Crippen LogP contribution in [0.2, 0.25) is 0 Å². The minimum Gasteiger partial charge on any atom is -0.433 e. The number of aliphatic hydroxyl groups excluding tert-OH is 1. The quantitative estimate of drug-likeness (QED) is 0.834. The minimum absolute atomic E-state index is 0.00688. The van der Waals surface area contributed by atoms with E-state index in [9.17, 15) is 23.1 Å². The number of anilines is 1. The van der Waals surface area contributed by atoms with Crippen molar-refractivity contribution in [3.63, 3.8) is 0 Å². The Labute approximate surface area is 135 Å². The molecular weight excluding hydrogens is 327 g/mol. The molecule has 3 rings (SSSR count). The fourth-order valence-corrected chi connectivity index (χ4v) is 2.56. The molecule has 24 heavy (non-hydrogen) atoms. The van der Waals surface area contributed by atoms with E-state index in [4.69, 9.17) is 0 Å². The third-order valence-corrected chi connectivity index (χ3v) is 4.09. The van der Waals surface area contributed by atoms with Gasteiger partial charge >= 0.3 is 18.1 Å². The molecule has 1 aliphatic heterocycles. The average Bonchev–Trinajstić information content (AvgIpc) is 2.93. The monoisotopic (exact) mass is 343 g/mol. The molecule has 2 unspecified atom stereocenters. The number of halogens is 3. The second kappa shape index (κ2) is 5.97. The molecule has 1 fully saturated rings. The number of urea groups is 1. The summed E-state index contributed by atoms with van der Waals surface area (Å²) in [6.07, 6.45) is -4.56. The predicted molar refractivity (Wildman–Crippen MR) is 79.4 cm³/mol. The summed E-state index contributed by atoms with van der Waals surface area (Å²) in [5.41, 5.74) is 0.303. The van der Waals surface area contributed by atoms with Crippen molar-refractivity contribution < 1.29 is 27.5 Å². The second-order valence-corrected chi connectivity index (χ2v) is 5.91. The summed E-state index contributed by atoms with van der Waals surface area (Å²) >= 11 is 0. The van der Waals surface area contributed by atoms with Crippen molar-refractivity contribution in [2.45, 2.75) is 25.6 Å². The third kappa shape index (κ3) is 3.30. The average molecular weight is 343 g/mol. The number of amides is 2. The van der Waals surface area contributed by atoms with Crippen LogP contribution in [0.1, 0.15) is 19.2 Å². The number of hydrogen-bond donors (Lipinski definition) is 2. The number of nitrogens with one attached hydrogen (secondary N) is 1. The first-order valence-corrected chi connectivity index (χ1v) is 7.46. The van der Waals surface area contributed by atoms with Crippen molar-refractivity contribution in [1.82, 2.24) is 9.88 Å². The van der Waals surface area contributed by atoms with Gasteiger partial charge in [0.2, 0.25) is 0 Å². The van der Waals surface area contributed by atoms with Crippen LogP contribution >= 0.6 is 0 Å². The third-order valence-electron chi connectivity index (χ3n) is 4.09. The maximum atomic E-state index is 12.6. The molecule has 130 valence electrons. The molecular formula is C15H16F3N3O3. The summed E-state index contributed by atoms with van der Waals surface area (Å²) < 4.78 is 42.4. The number of rotatable bonds is 1. The first kappa shape index (κ1) is 16.6. The number of carbonyl (C=O) groups is 1. The van der Waals surface area contributed by atoms with Gasteiger partial charge in [0.25, 0.3) is 0 Å². The lowest BCUT2D eigenvalue weighted by Gasteiger charge is -2.34. The minimum atomic E-state index is -4.66. The molecule has 1 aliphatic rings. The normalized spacial score (nSPS) is 22.0. The van der Waals surface area contributed by atoms with Crippen LogP contribution in [-0.2, 0) is 6.18 Å². The zero-order valence-electron chi connectivity index (χ0n) is 12.8. The van der Waals surface area contributed by atoms with E-state index in [1.165, 1.54) is 23.1 Å². The number of alkyl halides is 3. The summed E-state index contributed by atoms with van der Waals surface area (Å²) in [6, 6.07) is 3.66. The number of aliphatic hydroxyl groups is 1. The molecule has 6 nitrogen and oxygen atoms in total. The number of oxazole rings is 1. The van der Waals surface area contributed by atoms with Crippen molar-refractivity contribution in [1.29, 1.82) is 0 Å². The van der Waals surface area contributed by atoms with Crippen LogP contribution in [-0.4, -0.2) is 40.2 Å². The number of hydrogen-bond acceptors (Lipinski definition) is 4. The van der Waals surface area contributed by atoms with Gasteiger partial charge < -0.3 is 19.7 Å². The van der Waals surface area contributed by atoms with Crippen LogP contribution < -0.4 is 5.32 Å². The van der Waals surface area contributed by atoms with Gasteiger partial charge in [0.05, 0.1) is 6.10 Å². The molecule has 2 N–H and O–H groups in total. The Bertz CT molecular complexity index is 759. The number of β-amino-alcohol motifs (C(OH)–C–C–N with tert-alkyl or cyclic N) is 1. The molecule has 2 amide bonds. The van der Waals surface area contributed by atoms with Crippen molar-refractivity contribution in [3.8, 4) is 0 Å². The van der Waals surface area contributed by atoms with E-state index < -0.39 is 24.2 Å². The van der Waals surface area contributed by atoms with Gasteiger partial charge in [0.15, 0.2) is 5.58 Å². The zero-order chi connectivity index (χ0) is 17.5. The molecule has 1 aromatic heterocycles. The summed E-state index contributed by atoms with van der Waals surface area (Å²) in [7, 11) is 0. The number of piperidine rings is 1. The molecule has 0 aliphatic carbocycles. The lowest BCUT2D eigenvalue weighted by atomic mass is 9.96. The van der Waals surface area contributed by atoms with E-state index in [1.807, 2.05) is 6.92 Å². The van der Waals surface area contributed by atoms with Crippen LogP contribution in [0.4, 0.5) is 23.7 Å². The maximum Gasteiger partial charge on any atom is 0.468 e. The number of carbonyl (C=O) groups excluding carboxylic acids is 1. The summed E-state index contributed by atoms with van der Waals surface area (Å²) in [5.74, 6) is -1.20. The van der Waals surface area contributed by atoms with Crippen molar-refractivity contribution >= 4 is 22.8 Å². The van der Waals surface area contributed by atoms with Gasteiger partial charge in [-0.15, -0.1) is 0 Å². The van der Waals surface area contributed by atoms with Crippen LogP contribution in [0.25, 0.3) is 11.1 Å². The lowest BCUT2D eigenvalue weighted by molar-refractivity contribution is -0.156. The van der Waals surface area contributed by atoms with Crippen molar-refractivity contribution in [3.05, 3.63) is 24.1 Å². The maximum absolute atomic E-state index is 12.6. The number of nitrogens with zero attached hydrogens (tertiary/aromatic N) is 2. The molecule has 9 heteroatoms. The molecule has 0 spiro atoms. The topological polar surface area (TPSA) is 78.6 Å². The smallest absolute Gasteiger partial charge is 0.433 e. The van der Waals surface area contributed by atoms with E-state index in [2.05, 4.69) is 14.7 Å². The number of benzene rings is 1. The van der Waals surface area contributed by atoms with E-state index in [1.54, 1.807) is 0 Å². The molecule has 0 radical (unpaired) electrons. The van der Waals surface area contributed by atoms with Gasteiger partial charge in [0.1, 0.15) is 5.52 Å². The highest BCUT2D eigenvalue weighted by Gasteiger charge is 2.37. The Morgan fingerprint density at radius 1 is 1.46 bits per heavy atom. The molecule has 0 bridgehead atoms. The van der Waals surface area contributed by atoms with E-state index >= 15 is 0 Å². The first-order chi connectivity index (χ1) is 11.2. The summed E-state index contributed by atoms with van der Waals surface area (Å²) in [4.78, 5) is 17.1. The standard InChI is InChI=1S/C15H16F3N3O3/c1-8-4-5-21(7-11(8)22)14(23)19-9-2-3-12-10(6-9)20-13(24-12)15(16,17)18/h2-3,6,8,11,22H,4-5,7H2,1H3,(H,19,23). The molecule has 0 saturated carbocycles. The van der Waals surface area contributed by atoms with Crippen LogP contribution in [0.15, 0.2) is 22.6 Å². The first-order valence-electron chi connectivity index (χ1n) is 7.46. The SMILES string of the molecule is CC1CCN(C(=O)Nc2ccc3oc(C(F)(F)F)nc3c2)CC1O. The summed E-state index contributed by atoms with van der Waals surface area (Å²) in [6.45, 7) is 2.64. The fourth-order valence-electron chi connectivity index (χ4n) is 2.56. The Balaban J connectivity index is 1.74. The van der Waals surface area contributed by atoms with Crippen molar-refractivity contribution in [2.75, 3.05) is 18.4 Å². The van der Waals surface area contributed by atoms with Gasteiger partial charge in [-0.05, 0) is 30.5 Å². The van der Waals surface area contributed by atoms with Gasteiger partial charge in [0, 0.05) is 18.8 Å². The number of fused-ring (bicyclic) bond motifs is 1. The van der Waals surface area contributed by atoms with Crippen molar-refractivity contribution in [2.24, 2.45) is 5.92 Å². The molecule has 2 aromatic rings. The summed E-state index contributed by atoms with van der Waals surface area (Å²) in [5, 5.41) is 12.4. The Morgan fingerprint density at radius 3 is 2.88 bits per heavy atom. The fraction of sp³-hybridized carbons (Fsp3) is 0.467. The second-order valence-electron chi connectivity index (χ2n) is 5.91. The largest absolute Gasteiger partial charge is 0.468 e. The predicted octanol–water partition coefficient (Wildman–Crippen LogP) is 3.08. The lowest BCUT2D eigenvalue weighted by Crippen LogP contribution is -2.47. The molecule has 2 heterocycles. The van der Waals surface area contributed by atoms with Gasteiger partial charge in [-0.2, -0.15) is 13.2 Å². The zero-order valence-corrected chi connectivity index (χ0v) is 12.8. The molecule has 2 atom stereocenters. The van der Waals surface area contributed by atoms with Crippen LogP contribution in [0, 0.1) is 5.92 Å². The highest BCUT2D eigenvalue weighted by Crippen LogP contribution is 2.32. The van der Waals surface area contributed by atoms with E-state index in [0.717, 1.165) is 0 Å². The number of aromatic nitrogens is 1. The van der Waals surface area contributed by atoms with Crippen LogP contribution in [0.5, 0.6) is 0 Å². The number of likely N-dealkylation sites (tertiary alicyclic amines) is 1. The Morgan fingerprint density at radius 2 is 2.21 bits per heavy atom. The molecule has 1 saturated heterocycles. The Hall–Kier alpha value is -2.29. The van der Waals surface area contributed by atoms with E-state index in [-0.39, 0.29) is 23.6 Å². The van der Waals surface area contributed by atoms with Gasteiger partial charge in [-0.3, -0.25) is 0 Å². The van der Waals surface area contributed by atoms with Gasteiger partial charge in [-0.1, -0.05) is 6.92 Å². The Kier molecular flexibility index (Phi) is 4.12. The van der Waals surface area contributed by atoms with E-state index in [0.29, 0.717) is 18.7 Å².